The molecule has 112 valence electrons. The van der Waals surface area contributed by atoms with Crippen molar-refractivity contribution in [3.63, 3.8) is 0 Å². The van der Waals surface area contributed by atoms with Crippen LogP contribution in [0.3, 0.4) is 0 Å². The highest BCUT2D eigenvalue weighted by atomic mass is 79.9. The minimum atomic E-state index is -0.217. The summed E-state index contributed by atoms with van der Waals surface area (Å²) in [6.45, 7) is -0.0223. The Hall–Kier alpha value is -1.72. The smallest absolute Gasteiger partial charge is 0.161 e. The van der Waals surface area contributed by atoms with Gasteiger partial charge in [0, 0.05) is 10.2 Å². The first-order chi connectivity index (χ1) is 10.2. The number of benzene rings is 2. The minimum absolute atomic E-state index is 0.0223. The molecule has 5 heteroatoms. The second-order valence-electron chi connectivity index (χ2n) is 4.50. The number of hydrogen-bond acceptors (Lipinski definition) is 4. The molecule has 0 amide bonds. The molecule has 0 aliphatic carbocycles. The maximum absolute atomic E-state index is 9.64. The molecule has 0 saturated carbocycles. The summed E-state index contributed by atoms with van der Waals surface area (Å²) in [7, 11) is 3.19. The van der Waals surface area contributed by atoms with Gasteiger partial charge in [0.05, 0.1) is 26.9 Å². The van der Waals surface area contributed by atoms with E-state index in [1.54, 1.807) is 14.2 Å². The van der Waals surface area contributed by atoms with Crippen LogP contribution in [0.25, 0.3) is 0 Å². The van der Waals surface area contributed by atoms with Crippen LogP contribution in [0, 0.1) is 0 Å². The van der Waals surface area contributed by atoms with Crippen LogP contribution in [0.15, 0.2) is 46.9 Å². The van der Waals surface area contributed by atoms with Crippen molar-refractivity contribution in [2.75, 3.05) is 26.1 Å². The lowest BCUT2D eigenvalue weighted by atomic mass is 10.1. The molecule has 0 spiro atoms. The zero-order valence-electron chi connectivity index (χ0n) is 12.0. The van der Waals surface area contributed by atoms with Crippen molar-refractivity contribution in [1.29, 1.82) is 0 Å². The van der Waals surface area contributed by atoms with E-state index < -0.39 is 0 Å². The van der Waals surface area contributed by atoms with Crippen molar-refractivity contribution >= 4 is 21.6 Å². The van der Waals surface area contributed by atoms with Gasteiger partial charge in [-0.2, -0.15) is 0 Å². The third kappa shape index (κ3) is 3.89. The molecule has 0 fully saturated rings. The quantitative estimate of drug-likeness (QED) is 0.834. The highest BCUT2D eigenvalue weighted by Crippen LogP contribution is 2.31. The van der Waals surface area contributed by atoms with Crippen LogP contribution >= 0.6 is 15.9 Å². The Kier molecular flexibility index (Phi) is 5.47. The van der Waals surface area contributed by atoms with E-state index >= 15 is 0 Å². The number of aliphatic hydroxyl groups is 1. The van der Waals surface area contributed by atoms with E-state index in [4.69, 9.17) is 9.47 Å². The predicted octanol–water partition coefficient (Wildman–Crippen LogP) is 3.61. The number of aliphatic hydroxyl groups excluding tert-OH is 1. The third-order valence-electron chi connectivity index (χ3n) is 3.18. The van der Waals surface area contributed by atoms with Crippen molar-refractivity contribution in [3.05, 3.63) is 52.5 Å². The molecule has 0 radical (unpaired) electrons. The molecule has 0 heterocycles. The Morgan fingerprint density at radius 1 is 1.05 bits per heavy atom. The van der Waals surface area contributed by atoms with E-state index in [-0.39, 0.29) is 12.6 Å². The molecule has 2 rings (SSSR count). The van der Waals surface area contributed by atoms with E-state index in [1.807, 2.05) is 42.5 Å². The van der Waals surface area contributed by atoms with Crippen molar-refractivity contribution in [2.24, 2.45) is 0 Å². The summed E-state index contributed by atoms with van der Waals surface area (Å²) in [6.07, 6.45) is 0. The molecule has 0 aliphatic heterocycles. The fraction of sp³-hybridized carbons (Fsp3) is 0.250. The zero-order valence-corrected chi connectivity index (χ0v) is 13.6. The van der Waals surface area contributed by atoms with E-state index in [9.17, 15) is 5.11 Å². The summed E-state index contributed by atoms with van der Waals surface area (Å²) in [6, 6.07) is 13.2. The highest BCUT2D eigenvalue weighted by molar-refractivity contribution is 9.10. The first kappa shape index (κ1) is 15.7. The van der Waals surface area contributed by atoms with Gasteiger partial charge in [-0.3, -0.25) is 0 Å². The van der Waals surface area contributed by atoms with E-state index in [1.165, 1.54) is 0 Å². The summed E-state index contributed by atoms with van der Waals surface area (Å²) in [5.74, 6) is 1.31. The van der Waals surface area contributed by atoms with Gasteiger partial charge in [-0.1, -0.05) is 22.0 Å². The molecular formula is C16H18BrNO3. The lowest BCUT2D eigenvalue weighted by Crippen LogP contribution is -2.15. The van der Waals surface area contributed by atoms with Crippen molar-refractivity contribution in [2.45, 2.75) is 6.04 Å². The minimum Gasteiger partial charge on any atom is -0.493 e. The normalized spacial score (nSPS) is 11.8. The van der Waals surface area contributed by atoms with Gasteiger partial charge in [0.25, 0.3) is 0 Å². The summed E-state index contributed by atoms with van der Waals surface area (Å²) in [5, 5.41) is 12.9. The summed E-state index contributed by atoms with van der Waals surface area (Å²) in [4.78, 5) is 0. The van der Waals surface area contributed by atoms with Gasteiger partial charge in [0.1, 0.15) is 0 Å². The molecule has 1 unspecified atom stereocenters. The molecular weight excluding hydrogens is 334 g/mol. The van der Waals surface area contributed by atoms with Crippen molar-refractivity contribution in [3.8, 4) is 11.5 Å². The maximum Gasteiger partial charge on any atom is 0.161 e. The topological polar surface area (TPSA) is 50.7 Å². The Morgan fingerprint density at radius 2 is 1.71 bits per heavy atom. The Labute approximate surface area is 132 Å². The zero-order chi connectivity index (χ0) is 15.2. The maximum atomic E-state index is 9.64. The largest absolute Gasteiger partial charge is 0.493 e. The average molecular weight is 352 g/mol. The predicted molar refractivity (Wildman–Crippen MR) is 87.1 cm³/mol. The van der Waals surface area contributed by atoms with Gasteiger partial charge in [0.15, 0.2) is 11.5 Å². The Morgan fingerprint density at radius 3 is 2.29 bits per heavy atom. The molecule has 2 aromatic carbocycles. The number of anilines is 1. The van der Waals surface area contributed by atoms with Gasteiger partial charge >= 0.3 is 0 Å². The number of ether oxygens (including phenoxy) is 2. The van der Waals surface area contributed by atoms with Crippen LogP contribution < -0.4 is 14.8 Å². The van der Waals surface area contributed by atoms with Gasteiger partial charge in [-0.05, 0) is 42.0 Å². The lowest BCUT2D eigenvalue weighted by Gasteiger charge is -2.19. The van der Waals surface area contributed by atoms with Crippen LogP contribution in [0.4, 0.5) is 5.69 Å². The number of halogens is 1. The molecule has 0 aromatic heterocycles. The van der Waals surface area contributed by atoms with E-state index in [2.05, 4.69) is 21.2 Å². The SMILES string of the molecule is COc1ccc(C(CO)Nc2ccc(Br)cc2)cc1OC. The fourth-order valence-corrected chi connectivity index (χ4v) is 2.32. The molecule has 0 aliphatic rings. The summed E-state index contributed by atoms with van der Waals surface area (Å²) < 4.78 is 11.5. The molecule has 2 N–H and O–H groups in total. The second kappa shape index (κ2) is 7.33. The first-order valence-corrected chi connectivity index (χ1v) is 7.32. The van der Waals surface area contributed by atoms with E-state index in [0.29, 0.717) is 11.5 Å². The number of hydrogen-bond donors (Lipinski definition) is 2. The van der Waals surface area contributed by atoms with Crippen LogP contribution in [0.5, 0.6) is 11.5 Å². The van der Waals surface area contributed by atoms with E-state index in [0.717, 1.165) is 15.7 Å². The molecule has 21 heavy (non-hydrogen) atoms. The first-order valence-electron chi connectivity index (χ1n) is 6.52. The van der Waals surface area contributed by atoms with Crippen LogP contribution in [0.1, 0.15) is 11.6 Å². The molecule has 0 bridgehead atoms. The average Bonchev–Trinajstić information content (AvgIpc) is 2.53. The monoisotopic (exact) mass is 351 g/mol. The molecule has 1 atom stereocenters. The third-order valence-corrected chi connectivity index (χ3v) is 3.71. The van der Waals surface area contributed by atoms with Crippen molar-refractivity contribution < 1.29 is 14.6 Å². The van der Waals surface area contributed by atoms with Gasteiger partial charge in [-0.15, -0.1) is 0 Å². The molecule has 4 nitrogen and oxygen atoms in total. The lowest BCUT2D eigenvalue weighted by molar-refractivity contribution is 0.275. The number of rotatable bonds is 6. The summed E-state index contributed by atoms with van der Waals surface area (Å²) >= 11 is 3.40. The molecule has 0 saturated heterocycles. The van der Waals surface area contributed by atoms with Crippen LogP contribution in [-0.2, 0) is 0 Å². The standard InChI is InChI=1S/C16H18BrNO3/c1-20-15-8-3-11(9-16(15)21-2)14(10-19)18-13-6-4-12(17)5-7-13/h3-9,14,18-19H,10H2,1-2H3. The Bertz CT molecular complexity index is 587. The second-order valence-corrected chi connectivity index (χ2v) is 5.42. The van der Waals surface area contributed by atoms with Crippen LogP contribution in [0.2, 0.25) is 0 Å². The number of nitrogens with one attached hydrogen (secondary N) is 1. The Balaban J connectivity index is 2.22. The summed E-state index contributed by atoms with van der Waals surface area (Å²) in [5.41, 5.74) is 1.87. The number of methoxy groups -OCH3 is 2. The van der Waals surface area contributed by atoms with Crippen LogP contribution in [-0.4, -0.2) is 25.9 Å². The fourth-order valence-electron chi connectivity index (χ4n) is 2.05. The van der Waals surface area contributed by atoms with Gasteiger partial charge < -0.3 is 19.9 Å². The molecule has 2 aromatic rings. The van der Waals surface area contributed by atoms with Gasteiger partial charge in [-0.25, -0.2) is 0 Å². The van der Waals surface area contributed by atoms with Gasteiger partial charge in [0.2, 0.25) is 0 Å². The van der Waals surface area contributed by atoms with Crippen molar-refractivity contribution in [1.82, 2.24) is 0 Å². The highest BCUT2D eigenvalue weighted by Gasteiger charge is 2.13.